The molecule has 0 unspecified atom stereocenters. The maximum absolute atomic E-state index is 12.5. The van der Waals surface area contributed by atoms with Gasteiger partial charge in [-0.2, -0.15) is 5.26 Å². The number of nitrogens with zero attached hydrogens (tertiary/aromatic N) is 1. The Morgan fingerprint density at radius 2 is 1.68 bits per heavy atom. The Morgan fingerprint density at radius 3 is 2.21 bits per heavy atom. The van der Waals surface area contributed by atoms with E-state index in [-0.39, 0.29) is 5.56 Å². The summed E-state index contributed by atoms with van der Waals surface area (Å²) in [6, 6.07) is 11.3. The van der Waals surface area contributed by atoms with E-state index in [0.717, 1.165) is 0 Å². The molecule has 1 atom stereocenters. The Labute approximate surface area is 162 Å². The summed E-state index contributed by atoms with van der Waals surface area (Å²) < 4.78 is 20.8. The van der Waals surface area contributed by atoms with Crippen LogP contribution in [0, 0.1) is 11.3 Å². The number of amides is 1. The highest BCUT2D eigenvalue weighted by molar-refractivity contribution is 5.97. The average Bonchev–Trinajstić information content (AvgIpc) is 2.72. The highest BCUT2D eigenvalue weighted by Crippen LogP contribution is 2.38. The molecule has 0 aromatic heterocycles. The minimum atomic E-state index is -1.07. The number of carbonyl (C=O) groups excluding carboxylic acids is 2. The Bertz CT molecular complexity index is 894. The molecule has 1 amide bonds. The van der Waals surface area contributed by atoms with Gasteiger partial charge in [-0.15, -0.1) is 0 Å². The quantitative estimate of drug-likeness (QED) is 0.732. The van der Waals surface area contributed by atoms with E-state index in [4.69, 9.17) is 24.2 Å². The fourth-order valence-corrected chi connectivity index (χ4v) is 2.39. The van der Waals surface area contributed by atoms with Crippen LogP contribution in [0.5, 0.6) is 17.2 Å². The SMILES string of the molecule is COc1cc(C(=O)O[C@@H](C)C(=O)Nc2cccc(C#N)c2)cc(OC)c1OC. The number of hydrogen-bond donors (Lipinski definition) is 1. The topological polar surface area (TPSA) is 107 Å². The summed E-state index contributed by atoms with van der Waals surface area (Å²) >= 11 is 0. The first kappa shape index (κ1) is 20.6. The van der Waals surface area contributed by atoms with Gasteiger partial charge in [-0.25, -0.2) is 4.79 Å². The van der Waals surface area contributed by atoms with E-state index in [9.17, 15) is 9.59 Å². The van der Waals surface area contributed by atoms with Gasteiger partial charge in [-0.05, 0) is 37.3 Å². The lowest BCUT2D eigenvalue weighted by molar-refractivity contribution is -0.123. The molecule has 0 heterocycles. The summed E-state index contributed by atoms with van der Waals surface area (Å²) in [6.07, 6.45) is -1.07. The summed E-state index contributed by atoms with van der Waals surface area (Å²) in [4.78, 5) is 24.7. The van der Waals surface area contributed by atoms with Crippen LogP contribution in [0.4, 0.5) is 5.69 Å². The van der Waals surface area contributed by atoms with Crippen molar-refractivity contribution in [1.82, 2.24) is 0 Å². The molecule has 2 aromatic carbocycles. The number of anilines is 1. The van der Waals surface area contributed by atoms with Crippen molar-refractivity contribution in [3.05, 3.63) is 47.5 Å². The minimum Gasteiger partial charge on any atom is -0.493 e. The first-order chi connectivity index (χ1) is 13.4. The van der Waals surface area contributed by atoms with E-state index in [1.165, 1.54) is 46.5 Å². The Balaban J connectivity index is 2.13. The van der Waals surface area contributed by atoms with E-state index in [0.29, 0.717) is 28.5 Å². The van der Waals surface area contributed by atoms with Gasteiger partial charge in [0.2, 0.25) is 5.75 Å². The molecule has 8 heteroatoms. The zero-order valence-corrected chi connectivity index (χ0v) is 15.9. The van der Waals surface area contributed by atoms with Gasteiger partial charge < -0.3 is 24.3 Å². The van der Waals surface area contributed by atoms with Crippen molar-refractivity contribution in [3.63, 3.8) is 0 Å². The molecule has 0 bridgehead atoms. The number of carbonyl (C=O) groups is 2. The van der Waals surface area contributed by atoms with E-state index >= 15 is 0 Å². The second kappa shape index (κ2) is 9.28. The highest BCUT2D eigenvalue weighted by Gasteiger charge is 2.22. The van der Waals surface area contributed by atoms with Crippen LogP contribution in [0.3, 0.4) is 0 Å². The van der Waals surface area contributed by atoms with Crippen LogP contribution >= 0.6 is 0 Å². The number of rotatable bonds is 7. The van der Waals surface area contributed by atoms with Crippen molar-refractivity contribution in [2.24, 2.45) is 0 Å². The van der Waals surface area contributed by atoms with Crippen LogP contribution in [0.2, 0.25) is 0 Å². The first-order valence-electron chi connectivity index (χ1n) is 8.25. The molecule has 0 radical (unpaired) electrons. The Morgan fingerprint density at radius 1 is 1.04 bits per heavy atom. The molecule has 0 aliphatic rings. The van der Waals surface area contributed by atoms with Gasteiger partial charge in [0.15, 0.2) is 17.6 Å². The molecule has 146 valence electrons. The lowest BCUT2D eigenvalue weighted by Gasteiger charge is -2.16. The van der Waals surface area contributed by atoms with E-state index in [1.54, 1.807) is 18.2 Å². The number of esters is 1. The van der Waals surface area contributed by atoms with Gasteiger partial charge in [-0.1, -0.05) is 6.07 Å². The Hall–Kier alpha value is -3.73. The molecule has 1 N–H and O–H groups in total. The smallest absolute Gasteiger partial charge is 0.339 e. The molecule has 0 fully saturated rings. The van der Waals surface area contributed by atoms with Gasteiger partial charge >= 0.3 is 5.97 Å². The molecule has 0 saturated carbocycles. The van der Waals surface area contributed by atoms with Gasteiger partial charge in [0, 0.05) is 5.69 Å². The van der Waals surface area contributed by atoms with E-state index < -0.39 is 18.0 Å². The highest BCUT2D eigenvalue weighted by atomic mass is 16.5. The number of nitrogens with one attached hydrogen (secondary N) is 1. The summed E-state index contributed by atoms with van der Waals surface area (Å²) in [5.74, 6) is -0.341. The summed E-state index contributed by atoms with van der Waals surface area (Å²) in [7, 11) is 4.31. The fraction of sp³-hybridized carbons (Fsp3) is 0.250. The van der Waals surface area contributed by atoms with Crippen LogP contribution in [0.1, 0.15) is 22.8 Å². The average molecular weight is 384 g/mol. The van der Waals surface area contributed by atoms with Crippen molar-refractivity contribution in [3.8, 4) is 23.3 Å². The number of benzene rings is 2. The van der Waals surface area contributed by atoms with Crippen molar-refractivity contribution in [2.45, 2.75) is 13.0 Å². The van der Waals surface area contributed by atoms with Gasteiger partial charge in [0.1, 0.15) is 0 Å². The maximum atomic E-state index is 12.5. The van der Waals surface area contributed by atoms with Crippen molar-refractivity contribution in [2.75, 3.05) is 26.6 Å². The third-order valence-electron chi connectivity index (χ3n) is 3.81. The van der Waals surface area contributed by atoms with Crippen molar-refractivity contribution in [1.29, 1.82) is 5.26 Å². The van der Waals surface area contributed by atoms with Crippen LogP contribution in [0.15, 0.2) is 36.4 Å². The van der Waals surface area contributed by atoms with Crippen LogP contribution < -0.4 is 19.5 Å². The van der Waals surface area contributed by atoms with Crippen molar-refractivity contribution < 1.29 is 28.5 Å². The monoisotopic (exact) mass is 384 g/mol. The standard InChI is InChI=1S/C20H20N2O6/c1-12(19(23)22-15-7-5-6-13(8-15)11-21)28-20(24)14-9-16(25-2)18(27-4)17(10-14)26-3/h5-10,12H,1-4H3,(H,22,23)/t12-/m0/s1. The normalized spacial score (nSPS) is 11.0. The molecule has 2 aromatic rings. The van der Waals surface area contributed by atoms with Crippen LogP contribution in [-0.2, 0) is 9.53 Å². The van der Waals surface area contributed by atoms with Crippen LogP contribution in [0.25, 0.3) is 0 Å². The molecule has 0 saturated heterocycles. The van der Waals surface area contributed by atoms with Crippen LogP contribution in [-0.4, -0.2) is 39.3 Å². The lowest BCUT2D eigenvalue weighted by atomic mass is 10.1. The molecule has 28 heavy (non-hydrogen) atoms. The predicted molar refractivity (Wildman–Crippen MR) is 101 cm³/mol. The van der Waals surface area contributed by atoms with E-state index in [2.05, 4.69) is 5.32 Å². The second-order valence-electron chi connectivity index (χ2n) is 5.64. The zero-order chi connectivity index (χ0) is 20.7. The number of hydrogen-bond acceptors (Lipinski definition) is 7. The maximum Gasteiger partial charge on any atom is 0.339 e. The molecular weight excluding hydrogens is 364 g/mol. The van der Waals surface area contributed by atoms with Gasteiger partial charge in [0.05, 0.1) is 38.5 Å². The summed E-state index contributed by atoms with van der Waals surface area (Å²) in [6.45, 7) is 1.44. The number of nitriles is 1. The third-order valence-corrected chi connectivity index (χ3v) is 3.81. The Kier molecular flexibility index (Phi) is 6.82. The first-order valence-corrected chi connectivity index (χ1v) is 8.25. The fourth-order valence-electron chi connectivity index (χ4n) is 2.39. The molecular formula is C20H20N2O6. The molecule has 8 nitrogen and oxygen atoms in total. The van der Waals surface area contributed by atoms with Crippen molar-refractivity contribution >= 4 is 17.6 Å². The van der Waals surface area contributed by atoms with Gasteiger partial charge in [0.25, 0.3) is 5.91 Å². The zero-order valence-electron chi connectivity index (χ0n) is 15.9. The van der Waals surface area contributed by atoms with E-state index in [1.807, 2.05) is 6.07 Å². The predicted octanol–water partition coefficient (Wildman–Crippen LogP) is 2.77. The third kappa shape index (κ3) is 4.71. The summed E-state index contributed by atoms with van der Waals surface area (Å²) in [5, 5.41) is 11.5. The molecule has 0 spiro atoms. The second-order valence-corrected chi connectivity index (χ2v) is 5.64. The number of ether oxygens (including phenoxy) is 4. The molecule has 2 rings (SSSR count). The molecule has 0 aliphatic carbocycles. The van der Waals surface area contributed by atoms with Gasteiger partial charge in [-0.3, -0.25) is 4.79 Å². The minimum absolute atomic E-state index is 0.139. The summed E-state index contributed by atoms with van der Waals surface area (Å²) in [5.41, 5.74) is 0.972. The largest absolute Gasteiger partial charge is 0.493 e. The number of methoxy groups -OCH3 is 3. The molecule has 0 aliphatic heterocycles. The lowest BCUT2D eigenvalue weighted by Crippen LogP contribution is -2.30.